The fourth-order valence-electron chi connectivity index (χ4n) is 4.02. The first-order valence-electron chi connectivity index (χ1n) is 8.15. The van der Waals surface area contributed by atoms with Gasteiger partial charge in [0.25, 0.3) is 0 Å². The van der Waals surface area contributed by atoms with Gasteiger partial charge in [-0.2, -0.15) is 0 Å². The molecule has 0 aromatic carbocycles. The second-order valence-electron chi connectivity index (χ2n) is 6.35. The average molecular weight is 267 g/mol. The lowest BCUT2D eigenvalue weighted by atomic mass is 9.98. The average Bonchev–Trinajstić information content (AvgIpc) is 2.79. The number of hydrogen-bond acceptors (Lipinski definition) is 4. The number of morpholine rings is 1. The summed E-state index contributed by atoms with van der Waals surface area (Å²) in [6.45, 7) is 10.1. The second kappa shape index (κ2) is 6.53. The van der Waals surface area contributed by atoms with Crippen LogP contribution in [0.1, 0.15) is 32.6 Å². The number of fused-ring (bicyclic) bond motifs is 2. The standard InChI is InChI=1S/C15H29N3O/c1-2-18(6-5-17-7-9-19-10-8-17)15-11-13-3-4-14(12-15)16-13/h13-16H,2-12H2,1H3. The van der Waals surface area contributed by atoms with Gasteiger partial charge < -0.3 is 10.1 Å². The lowest BCUT2D eigenvalue weighted by Crippen LogP contribution is -2.50. The van der Waals surface area contributed by atoms with Gasteiger partial charge in [-0.3, -0.25) is 9.80 Å². The van der Waals surface area contributed by atoms with Gasteiger partial charge in [-0.25, -0.2) is 0 Å². The van der Waals surface area contributed by atoms with Crippen molar-refractivity contribution in [2.24, 2.45) is 0 Å². The molecule has 3 rings (SSSR count). The molecule has 3 fully saturated rings. The quantitative estimate of drug-likeness (QED) is 0.802. The molecule has 2 atom stereocenters. The highest BCUT2D eigenvalue weighted by atomic mass is 16.5. The van der Waals surface area contributed by atoms with Crippen LogP contribution in [-0.2, 0) is 4.74 Å². The summed E-state index contributed by atoms with van der Waals surface area (Å²) < 4.78 is 5.42. The summed E-state index contributed by atoms with van der Waals surface area (Å²) in [5.74, 6) is 0. The van der Waals surface area contributed by atoms with Crippen molar-refractivity contribution < 1.29 is 4.74 Å². The molecule has 2 bridgehead atoms. The van der Waals surface area contributed by atoms with Gasteiger partial charge in [0.05, 0.1) is 13.2 Å². The molecular formula is C15H29N3O. The topological polar surface area (TPSA) is 27.7 Å². The molecule has 110 valence electrons. The Balaban J connectivity index is 1.46. The minimum atomic E-state index is 0.807. The van der Waals surface area contributed by atoms with E-state index in [-0.39, 0.29) is 0 Å². The number of nitrogens with one attached hydrogen (secondary N) is 1. The summed E-state index contributed by atoms with van der Waals surface area (Å²) >= 11 is 0. The third-order valence-electron chi connectivity index (χ3n) is 5.18. The van der Waals surface area contributed by atoms with Gasteiger partial charge in [-0.15, -0.1) is 0 Å². The highest BCUT2D eigenvalue weighted by Crippen LogP contribution is 2.29. The molecule has 1 N–H and O–H groups in total. The highest BCUT2D eigenvalue weighted by molar-refractivity contribution is 4.95. The molecule has 19 heavy (non-hydrogen) atoms. The number of rotatable bonds is 5. The predicted octanol–water partition coefficient (Wildman–Crippen LogP) is 0.924. The molecule has 0 amide bonds. The molecule has 2 unspecified atom stereocenters. The van der Waals surface area contributed by atoms with E-state index in [1.807, 2.05) is 0 Å². The van der Waals surface area contributed by atoms with E-state index in [4.69, 9.17) is 4.74 Å². The van der Waals surface area contributed by atoms with Crippen LogP contribution in [0.25, 0.3) is 0 Å². The number of piperidine rings is 1. The summed E-state index contributed by atoms with van der Waals surface area (Å²) in [4.78, 5) is 5.28. The van der Waals surface area contributed by atoms with Gasteiger partial charge in [-0.1, -0.05) is 6.92 Å². The zero-order valence-electron chi connectivity index (χ0n) is 12.3. The van der Waals surface area contributed by atoms with Crippen LogP contribution >= 0.6 is 0 Å². The van der Waals surface area contributed by atoms with Crippen LogP contribution in [-0.4, -0.2) is 73.9 Å². The first kappa shape index (κ1) is 13.8. The van der Waals surface area contributed by atoms with Gasteiger partial charge in [0.2, 0.25) is 0 Å². The van der Waals surface area contributed by atoms with Crippen LogP contribution in [0.15, 0.2) is 0 Å². The van der Waals surface area contributed by atoms with E-state index in [0.717, 1.165) is 44.4 Å². The minimum absolute atomic E-state index is 0.807. The first-order valence-corrected chi connectivity index (χ1v) is 8.15. The first-order chi connectivity index (χ1) is 9.35. The molecule has 4 heteroatoms. The largest absolute Gasteiger partial charge is 0.379 e. The van der Waals surface area contributed by atoms with Crippen molar-refractivity contribution >= 4 is 0 Å². The molecule has 3 saturated heterocycles. The maximum atomic E-state index is 5.42. The summed E-state index contributed by atoms with van der Waals surface area (Å²) in [7, 11) is 0. The minimum Gasteiger partial charge on any atom is -0.379 e. The smallest absolute Gasteiger partial charge is 0.0594 e. The summed E-state index contributed by atoms with van der Waals surface area (Å²) in [5.41, 5.74) is 0. The molecule has 3 aliphatic heterocycles. The molecule has 0 spiro atoms. The van der Waals surface area contributed by atoms with Crippen molar-refractivity contribution in [3.05, 3.63) is 0 Å². The van der Waals surface area contributed by atoms with Crippen LogP contribution in [0.5, 0.6) is 0 Å². The Morgan fingerprint density at radius 3 is 2.47 bits per heavy atom. The van der Waals surface area contributed by atoms with E-state index in [0.29, 0.717) is 0 Å². The Morgan fingerprint density at radius 1 is 1.16 bits per heavy atom. The van der Waals surface area contributed by atoms with Crippen LogP contribution in [0, 0.1) is 0 Å². The fourth-order valence-corrected chi connectivity index (χ4v) is 4.02. The summed E-state index contributed by atoms with van der Waals surface area (Å²) in [6.07, 6.45) is 5.55. The molecule has 3 heterocycles. The Hall–Kier alpha value is -0.160. The fraction of sp³-hybridized carbons (Fsp3) is 1.00. The Morgan fingerprint density at radius 2 is 1.84 bits per heavy atom. The Kier molecular flexibility index (Phi) is 4.74. The monoisotopic (exact) mass is 267 g/mol. The molecule has 0 aliphatic carbocycles. The van der Waals surface area contributed by atoms with Crippen LogP contribution in [0.3, 0.4) is 0 Å². The Labute approximate surface area is 117 Å². The molecule has 0 aromatic heterocycles. The highest BCUT2D eigenvalue weighted by Gasteiger charge is 2.35. The van der Waals surface area contributed by atoms with Crippen LogP contribution in [0.4, 0.5) is 0 Å². The number of hydrogen-bond donors (Lipinski definition) is 1. The van der Waals surface area contributed by atoms with E-state index in [2.05, 4.69) is 22.0 Å². The Bertz CT molecular complexity index is 269. The third kappa shape index (κ3) is 3.48. The normalized spacial score (nSPS) is 36.0. The molecule has 0 saturated carbocycles. The maximum absolute atomic E-state index is 5.42. The van der Waals surface area contributed by atoms with Gasteiger partial charge >= 0.3 is 0 Å². The number of ether oxygens (including phenoxy) is 1. The lowest BCUT2D eigenvalue weighted by molar-refractivity contribution is 0.0292. The van der Waals surface area contributed by atoms with E-state index < -0.39 is 0 Å². The van der Waals surface area contributed by atoms with Crippen LogP contribution in [0.2, 0.25) is 0 Å². The van der Waals surface area contributed by atoms with Crippen molar-refractivity contribution in [3.8, 4) is 0 Å². The zero-order chi connectivity index (χ0) is 13.1. The SMILES string of the molecule is CCN(CCN1CCOCC1)C1CC2CCC(C1)N2. The summed E-state index contributed by atoms with van der Waals surface area (Å²) in [5, 5.41) is 3.75. The van der Waals surface area contributed by atoms with E-state index >= 15 is 0 Å². The maximum Gasteiger partial charge on any atom is 0.0594 e. The molecule has 0 aromatic rings. The van der Waals surface area contributed by atoms with E-state index in [9.17, 15) is 0 Å². The van der Waals surface area contributed by atoms with Crippen molar-refractivity contribution in [1.82, 2.24) is 15.1 Å². The lowest BCUT2D eigenvalue weighted by Gasteiger charge is -2.38. The van der Waals surface area contributed by atoms with E-state index in [1.165, 1.54) is 45.3 Å². The zero-order valence-corrected chi connectivity index (χ0v) is 12.3. The van der Waals surface area contributed by atoms with E-state index in [1.54, 1.807) is 0 Å². The molecule has 0 radical (unpaired) electrons. The van der Waals surface area contributed by atoms with Crippen molar-refractivity contribution in [1.29, 1.82) is 0 Å². The van der Waals surface area contributed by atoms with Crippen LogP contribution < -0.4 is 5.32 Å². The van der Waals surface area contributed by atoms with Crippen molar-refractivity contribution in [3.63, 3.8) is 0 Å². The number of likely N-dealkylation sites (N-methyl/N-ethyl adjacent to an activating group) is 1. The molecule has 4 nitrogen and oxygen atoms in total. The third-order valence-corrected chi connectivity index (χ3v) is 5.18. The van der Waals surface area contributed by atoms with Crippen molar-refractivity contribution in [2.45, 2.75) is 50.7 Å². The molecular weight excluding hydrogens is 238 g/mol. The molecule has 3 aliphatic rings. The second-order valence-corrected chi connectivity index (χ2v) is 6.35. The summed E-state index contributed by atoms with van der Waals surface area (Å²) in [6, 6.07) is 2.44. The number of nitrogens with zero attached hydrogens (tertiary/aromatic N) is 2. The van der Waals surface area contributed by atoms with Crippen molar-refractivity contribution in [2.75, 3.05) is 45.9 Å². The van der Waals surface area contributed by atoms with Gasteiger partial charge in [0, 0.05) is 44.3 Å². The predicted molar refractivity (Wildman–Crippen MR) is 77.5 cm³/mol. The van der Waals surface area contributed by atoms with Gasteiger partial charge in [0.15, 0.2) is 0 Å². The van der Waals surface area contributed by atoms with Gasteiger partial charge in [0.1, 0.15) is 0 Å². The van der Waals surface area contributed by atoms with Gasteiger partial charge in [-0.05, 0) is 32.2 Å².